The predicted octanol–water partition coefficient (Wildman–Crippen LogP) is 6.53. The summed E-state index contributed by atoms with van der Waals surface area (Å²) in [6, 6.07) is 21.7. The standard InChI is InChI=1S/C32H33N3O4S/c1-6-33-32(40)24-11-15-26(16-12-24)35-27(14-8-23-10-18-29(37-3)31(20-23)39-5)21-25(34-35)13-7-22-9-17-28(36-2)30(19-22)38-4/h7-21H,6H2,1-5H3,(H,33,40)/b13-7+,14-8+. The number of hydrogen-bond donors (Lipinski definition) is 1. The fraction of sp³-hybridized carbons (Fsp3) is 0.188. The molecule has 3 aromatic carbocycles. The minimum atomic E-state index is 0.670. The molecule has 0 spiro atoms. The molecule has 1 aromatic heterocycles. The lowest BCUT2D eigenvalue weighted by Crippen LogP contribution is -2.21. The first-order valence-corrected chi connectivity index (χ1v) is 13.2. The Bertz CT molecular complexity index is 1520. The zero-order valence-electron chi connectivity index (χ0n) is 23.3. The molecular formula is C32H33N3O4S. The highest BCUT2D eigenvalue weighted by Crippen LogP contribution is 2.30. The van der Waals surface area contributed by atoms with E-state index in [0.29, 0.717) is 23.0 Å². The third kappa shape index (κ3) is 6.71. The molecule has 0 aliphatic heterocycles. The Morgan fingerprint density at radius 2 is 1.27 bits per heavy atom. The van der Waals surface area contributed by atoms with Crippen LogP contribution in [0.25, 0.3) is 30.0 Å². The van der Waals surface area contributed by atoms with Crippen molar-refractivity contribution in [2.75, 3.05) is 35.0 Å². The Balaban J connectivity index is 1.69. The smallest absolute Gasteiger partial charge is 0.161 e. The second-order valence-corrected chi connectivity index (χ2v) is 9.12. The lowest BCUT2D eigenvalue weighted by molar-refractivity contribution is 0.355. The van der Waals surface area contributed by atoms with Gasteiger partial charge < -0.3 is 24.3 Å². The molecule has 0 unspecified atom stereocenters. The van der Waals surface area contributed by atoms with Gasteiger partial charge in [-0.25, -0.2) is 4.68 Å². The molecule has 206 valence electrons. The highest BCUT2D eigenvalue weighted by molar-refractivity contribution is 7.80. The van der Waals surface area contributed by atoms with Gasteiger partial charge in [0.05, 0.1) is 45.5 Å². The van der Waals surface area contributed by atoms with Gasteiger partial charge in [-0.2, -0.15) is 5.10 Å². The van der Waals surface area contributed by atoms with Crippen LogP contribution in [0.5, 0.6) is 23.0 Å². The number of nitrogens with zero attached hydrogens (tertiary/aromatic N) is 2. The van der Waals surface area contributed by atoms with E-state index in [1.807, 2.05) is 103 Å². The summed E-state index contributed by atoms with van der Waals surface area (Å²) in [4.78, 5) is 0.724. The lowest BCUT2D eigenvalue weighted by Gasteiger charge is -2.09. The van der Waals surface area contributed by atoms with E-state index in [0.717, 1.165) is 45.3 Å². The van der Waals surface area contributed by atoms with E-state index in [4.69, 9.17) is 36.3 Å². The lowest BCUT2D eigenvalue weighted by atomic mass is 10.1. The molecule has 0 bridgehead atoms. The van der Waals surface area contributed by atoms with Gasteiger partial charge in [-0.3, -0.25) is 0 Å². The van der Waals surface area contributed by atoms with Crippen LogP contribution in [0.4, 0.5) is 0 Å². The van der Waals surface area contributed by atoms with E-state index >= 15 is 0 Å². The normalized spacial score (nSPS) is 11.1. The molecular weight excluding hydrogens is 522 g/mol. The Kier molecular flexibility index (Phi) is 9.59. The number of benzene rings is 3. The second kappa shape index (κ2) is 13.5. The molecule has 7 nitrogen and oxygen atoms in total. The van der Waals surface area contributed by atoms with Crippen LogP contribution >= 0.6 is 12.2 Å². The Morgan fingerprint density at radius 3 is 1.80 bits per heavy atom. The van der Waals surface area contributed by atoms with Gasteiger partial charge in [0.25, 0.3) is 0 Å². The van der Waals surface area contributed by atoms with Gasteiger partial charge in [-0.05, 0) is 84.8 Å². The Labute approximate surface area is 240 Å². The summed E-state index contributed by atoms with van der Waals surface area (Å²) in [5.41, 5.74) is 5.53. The van der Waals surface area contributed by atoms with Gasteiger partial charge in [-0.1, -0.05) is 36.5 Å². The van der Waals surface area contributed by atoms with Crippen molar-refractivity contribution >= 4 is 41.5 Å². The summed E-state index contributed by atoms with van der Waals surface area (Å²) in [5, 5.41) is 8.08. The van der Waals surface area contributed by atoms with Crippen molar-refractivity contribution in [3.8, 4) is 28.7 Å². The first-order chi connectivity index (χ1) is 19.5. The summed E-state index contributed by atoms with van der Waals surface area (Å²) >= 11 is 5.47. The summed E-state index contributed by atoms with van der Waals surface area (Å²) in [6.45, 7) is 2.80. The average molecular weight is 556 g/mol. The minimum absolute atomic E-state index is 0.670. The van der Waals surface area contributed by atoms with Crippen molar-refractivity contribution in [3.63, 3.8) is 0 Å². The first-order valence-electron chi connectivity index (χ1n) is 12.8. The van der Waals surface area contributed by atoms with E-state index in [2.05, 4.69) is 5.32 Å². The van der Waals surface area contributed by atoms with Crippen molar-refractivity contribution in [2.24, 2.45) is 0 Å². The summed E-state index contributed by atoms with van der Waals surface area (Å²) in [7, 11) is 6.50. The van der Waals surface area contributed by atoms with Crippen LogP contribution in [0.3, 0.4) is 0 Å². The van der Waals surface area contributed by atoms with Crippen molar-refractivity contribution in [1.29, 1.82) is 0 Å². The van der Waals surface area contributed by atoms with E-state index < -0.39 is 0 Å². The topological polar surface area (TPSA) is 66.8 Å². The van der Waals surface area contributed by atoms with Crippen LogP contribution in [0, 0.1) is 0 Å². The number of rotatable bonds is 11. The zero-order valence-corrected chi connectivity index (χ0v) is 24.1. The SMILES string of the molecule is CCNC(=S)c1ccc(-n2nc(/C=C/c3ccc(OC)c(OC)c3)cc2/C=C/c2ccc(OC)c(OC)c2)cc1. The van der Waals surface area contributed by atoms with Crippen molar-refractivity contribution < 1.29 is 18.9 Å². The molecule has 4 aromatic rings. The maximum atomic E-state index is 5.47. The van der Waals surface area contributed by atoms with Crippen LogP contribution in [-0.2, 0) is 0 Å². The maximum absolute atomic E-state index is 5.47. The maximum Gasteiger partial charge on any atom is 0.161 e. The van der Waals surface area contributed by atoms with Crippen LogP contribution in [0.1, 0.15) is 35.0 Å². The molecule has 0 aliphatic rings. The predicted molar refractivity (Wildman–Crippen MR) is 166 cm³/mol. The van der Waals surface area contributed by atoms with E-state index in [9.17, 15) is 0 Å². The molecule has 0 saturated carbocycles. The van der Waals surface area contributed by atoms with E-state index in [-0.39, 0.29) is 0 Å². The number of hydrogen-bond acceptors (Lipinski definition) is 6. The van der Waals surface area contributed by atoms with Crippen LogP contribution < -0.4 is 24.3 Å². The molecule has 40 heavy (non-hydrogen) atoms. The Morgan fingerprint density at radius 1 is 0.725 bits per heavy atom. The number of thiocarbonyl (C=S) groups is 1. The van der Waals surface area contributed by atoms with Gasteiger partial charge in [0.1, 0.15) is 4.99 Å². The number of aromatic nitrogens is 2. The average Bonchev–Trinajstić information content (AvgIpc) is 3.41. The molecule has 1 N–H and O–H groups in total. The first kappa shape index (κ1) is 28.4. The number of methoxy groups -OCH3 is 4. The molecule has 1 heterocycles. The number of ether oxygens (including phenoxy) is 4. The molecule has 0 fully saturated rings. The Hall–Kier alpha value is -4.56. The molecule has 0 saturated heterocycles. The van der Waals surface area contributed by atoms with Crippen LogP contribution in [0.2, 0.25) is 0 Å². The quantitative estimate of drug-likeness (QED) is 0.211. The van der Waals surface area contributed by atoms with Crippen LogP contribution in [0.15, 0.2) is 66.7 Å². The molecule has 0 amide bonds. The molecule has 0 atom stereocenters. The van der Waals surface area contributed by atoms with Gasteiger partial charge in [0.2, 0.25) is 0 Å². The summed E-state index contributed by atoms with van der Waals surface area (Å²) in [5.74, 6) is 2.71. The van der Waals surface area contributed by atoms with Gasteiger partial charge in [-0.15, -0.1) is 0 Å². The molecule has 4 rings (SSSR count). The van der Waals surface area contributed by atoms with Crippen molar-refractivity contribution in [3.05, 3.63) is 94.8 Å². The highest BCUT2D eigenvalue weighted by atomic mass is 32.1. The molecule has 8 heteroatoms. The van der Waals surface area contributed by atoms with E-state index in [1.165, 1.54) is 0 Å². The summed E-state index contributed by atoms with van der Waals surface area (Å²) in [6.07, 6.45) is 8.01. The van der Waals surface area contributed by atoms with Gasteiger partial charge >= 0.3 is 0 Å². The second-order valence-electron chi connectivity index (χ2n) is 8.71. The van der Waals surface area contributed by atoms with Crippen molar-refractivity contribution in [2.45, 2.75) is 6.92 Å². The fourth-order valence-electron chi connectivity index (χ4n) is 4.11. The zero-order chi connectivity index (χ0) is 28.5. The molecule has 0 radical (unpaired) electrons. The largest absolute Gasteiger partial charge is 0.493 e. The number of nitrogens with one attached hydrogen (secondary N) is 1. The van der Waals surface area contributed by atoms with E-state index in [1.54, 1.807) is 28.4 Å². The summed E-state index contributed by atoms with van der Waals surface area (Å²) < 4.78 is 23.5. The third-order valence-corrected chi connectivity index (χ3v) is 6.56. The van der Waals surface area contributed by atoms with Gasteiger partial charge in [0, 0.05) is 12.1 Å². The molecule has 0 aliphatic carbocycles. The minimum Gasteiger partial charge on any atom is -0.493 e. The van der Waals surface area contributed by atoms with Crippen LogP contribution in [-0.4, -0.2) is 49.8 Å². The third-order valence-electron chi connectivity index (χ3n) is 6.18. The monoisotopic (exact) mass is 555 g/mol. The fourth-order valence-corrected chi connectivity index (χ4v) is 4.39. The van der Waals surface area contributed by atoms with Crippen molar-refractivity contribution in [1.82, 2.24) is 15.1 Å². The van der Waals surface area contributed by atoms with Gasteiger partial charge in [0.15, 0.2) is 23.0 Å². The highest BCUT2D eigenvalue weighted by Gasteiger charge is 2.09.